The molecule has 1 aliphatic rings. The number of hydrogen-bond acceptors (Lipinski definition) is 2. The Labute approximate surface area is 108 Å². The van der Waals surface area contributed by atoms with Gasteiger partial charge in [-0.25, -0.2) is 4.79 Å². The predicted octanol–water partition coefficient (Wildman–Crippen LogP) is 2.21. The highest BCUT2D eigenvalue weighted by Gasteiger charge is 2.21. The SMILES string of the molecule is Cc1cccc(NC(=O)N(C)C2CCCNC2)c1. The lowest BCUT2D eigenvalue weighted by Gasteiger charge is -2.31. The number of carbonyl (C=O) groups excluding carboxylic acids is 1. The van der Waals surface area contributed by atoms with Crippen molar-refractivity contribution in [1.29, 1.82) is 0 Å². The predicted molar refractivity (Wildman–Crippen MR) is 73.9 cm³/mol. The van der Waals surface area contributed by atoms with E-state index in [1.165, 1.54) is 0 Å². The van der Waals surface area contributed by atoms with Crippen LogP contribution in [-0.4, -0.2) is 37.1 Å². The molecule has 0 aliphatic carbocycles. The largest absolute Gasteiger partial charge is 0.323 e. The fraction of sp³-hybridized carbons (Fsp3) is 0.500. The molecule has 2 rings (SSSR count). The molecular formula is C14H21N3O. The van der Waals surface area contributed by atoms with Crippen molar-refractivity contribution in [2.24, 2.45) is 0 Å². The summed E-state index contributed by atoms with van der Waals surface area (Å²) in [6.45, 7) is 3.96. The molecule has 2 amide bonds. The van der Waals surface area contributed by atoms with Gasteiger partial charge in [0.1, 0.15) is 0 Å². The smallest absolute Gasteiger partial charge is 0.321 e. The quantitative estimate of drug-likeness (QED) is 0.841. The van der Waals surface area contributed by atoms with E-state index in [4.69, 9.17) is 0 Å². The van der Waals surface area contributed by atoms with Crippen LogP contribution < -0.4 is 10.6 Å². The van der Waals surface area contributed by atoms with Crippen LogP contribution in [0.3, 0.4) is 0 Å². The molecule has 0 bridgehead atoms. The van der Waals surface area contributed by atoms with E-state index in [-0.39, 0.29) is 6.03 Å². The molecular weight excluding hydrogens is 226 g/mol. The molecule has 1 aromatic carbocycles. The van der Waals surface area contributed by atoms with Gasteiger partial charge in [0.05, 0.1) is 0 Å². The molecule has 1 aromatic rings. The molecule has 18 heavy (non-hydrogen) atoms. The Bertz CT molecular complexity index is 413. The first-order valence-electron chi connectivity index (χ1n) is 6.48. The average molecular weight is 247 g/mol. The third-order valence-electron chi connectivity index (χ3n) is 3.41. The average Bonchev–Trinajstić information content (AvgIpc) is 2.39. The first-order chi connectivity index (χ1) is 8.66. The maximum absolute atomic E-state index is 12.1. The number of urea groups is 1. The van der Waals surface area contributed by atoms with Crippen LogP contribution in [0.25, 0.3) is 0 Å². The number of nitrogens with one attached hydrogen (secondary N) is 2. The van der Waals surface area contributed by atoms with Gasteiger partial charge in [-0.2, -0.15) is 0 Å². The van der Waals surface area contributed by atoms with Gasteiger partial charge in [-0.1, -0.05) is 12.1 Å². The summed E-state index contributed by atoms with van der Waals surface area (Å²) in [4.78, 5) is 13.9. The Morgan fingerprint density at radius 3 is 3.00 bits per heavy atom. The van der Waals surface area contributed by atoms with Gasteiger partial charge in [0.2, 0.25) is 0 Å². The number of rotatable bonds is 2. The molecule has 98 valence electrons. The van der Waals surface area contributed by atoms with Crippen molar-refractivity contribution in [2.45, 2.75) is 25.8 Å². The number of nitrogens with zero attached hydrogens (tertiary/aromatic N) is 1. The van der Waals surface area contributed by atoms with Crippen molar-refractivity contribution in [1.82, 2.24) is 10.2 Å². The minimum absolute atomic E-state index is 0.0331. The van der Waals surface area contributed by atoms with Crippen molar-refractivity contribution in [3.8, 4) is 0 Å². The van der Waals surface area contributed by atoms with Crippen LogP contribution in [-0.2, 0) is 0 Å². The number of aryl methyl sites for hydroxylation is 1. The monoisotopic (exact) mass is 247 g/mol. The zero-order valence-corrected chi connectivity index (χ0v) is 11.1. The Hall–Kier alpha value is -1.55. The Kier molecular flexibility index (Phi) is 4.20. The van der Waals surface area contributed by atoms with Gasteiger partial charge >= 0.3 is 6.03 Å². The lowest BCUT2D eigenvalue weighted by molar-refractivity contribution is 0.191. The molecule has 0 saturated carbocycles. The van der Waals surface area contributed by atoms with Crippen LogP contribution >= 0.6 is 0 Å². The molecule has 1 fully saturated rings. The van der Waals surface area contributed by atoms with Gasteiger partial charge in [-0.15, -0.1) is 0 Å². The third kappa shape index (κ3) is 3.23. The molecule has 0 radical (unpaired) electrons. The Morgan fingerprint density at radius 2 is 2.33 bits per heavy atom. The van der Waals surface area contributed by atoms with Gasteiger partial charge in [-0.3, -0.25) is 0 Å². The summed E-state index contributed by atoms with van der Waals surface area (Å²) in [7, 11) is 1.86. The summed E-state index contributed by atoms with van der Waals surface area (Å²) < 4.78 is 0. The number of amides is 2. The van der Waals surface area contributed by atoms with Gasteiger partial charge in [0.25, 0.3) is 0 Å². The van der Waals surface area contributed by atoms with Crippen molar-refractivity contribution in [2.75, 3.05) is 25.5 Å². The second kappa shape index (κ2) is 5.87. The van der Waals surface area contributed by atoms with Crippen molar-refractivity contribution in [3.63, 3.8) is 0 Å². The summed E-state index contributed by atoms with van der Waals surface area (Å²) in [5, 5.41) is 6.26. The summed E-state index contributed by atoms with van der Waals surface area (Å²) in [5.74, 6) is 0. The highest BCUT2D eigenvalue weighted by molar-refractivity contribution is 5.89. The lowest BCUT2D eigenvalue weighted by atomic mass is 10.1. The van der Waals surface area contributed by atoms with Crippen LogP contribution in [0.5, 0.6) is 0 Å². The molecule has 2 N–H and O–H groups in total. The fourth-order valence-electron chi connectivity index (χ4n) is 2.26. The summed E-state index contributed by atoms with van der Waals surface area (Å²) in [6, 6.07) is 8.12. The Balaban J connectivity index is 1.94. The second-order valence-corrected chi connectivity index (χ2v) is 4.91. The summed E-state index contributed by atoms with van der Waals surface area (Å²) >= 11 is 0. The zero-order chi connectivity index (χ0) is 13.0. The summed E-state index contributed by atoms with van der Waals surface area (Å²) in [6.07, 6.45) is 2.21. The third-order valence-corrected chi connectivity index (χ3v) is 3.41. The molecule has 1 saturated heterocycles. The van der Waals surface area contributed by atoms with Gasteiger partial charge in [0, 0.05) is 25.3 Å². The maximum Gasteiger partial charge on any atom is 0.321 e. The molecule has 4 heteroatoms. The molecule has 1 atom stereocenters. The number of hydrogen-bond donors (Lipinski definition) is 2. The fourth-order valence-corrected chi connectivity index (χ4v) is 2.26. The highest BCUT2D eigenvalue weighted by Crippen LogP contribution is 2.13. The molecule has 4 nitrogen and oxygen atoms in total. The number of anilines is 1. The molecule has 1 aliphatic heterocycles. The highest BCUT2D eigenvalue weighted by atomic mass is 16.2. The van der Waals surface area contributed by atoms with Crippen molar-refractivity contribution in [3.05, 3.63) is 29.8 Å². The number of piperidine rings is 1. The van der Waals surface area contributed by atoms with Crippen LogP contribution in [0.1, 0.15) is 18.4 Å². The normalized spacial score (nSPS) is 19.3. The van der Waals surface area contributed by atoms with E-state index < -0.39 is 0 Å². The molecule has 0 aromatic heterocycles. The molecule has 1 heterocycles. The standard InChI is InChI=1S/C14H21N3O/c1-11-5-3-6-12(9-11)16-14(18)17(2)13-7-4-8-15-10-13/h3,5-6,9,13,15H,4,7-8,10H2,1-2H3,(H,16,18). The van der Waals surface area contributed by atoms with Crippen LogP contribution in [0.4, 0.5) is 10.5 Å². The zero-order valence-electron chi connectivity index (χ0n) is 11.1. The van der Waals surface area contributed by atoms with E-state index in [9.17, 15) is 4.79 Å². The van der Waals surface area contributed by atoms with Crippen molar-refractivity contribution >= 4 is 11.7 Å². The second-order valence-electron chi connectivity index (χ2n) is 4.91. The van der Waals surface area contributed by atoms with E-state index in [1.807, 2.05) is 38.2 Å². The van der Waals surface area contributed by atoms with Gasteiger partial charge < -0.3 is 15.5 Å². The first-order valence-corrected chi connectivity index (χ1v) is 6.48. The van der Waals surface area contributed by atoms with Gasteiger partial charge in [0.15, 0.2) is 0 Å². The summed E-state index contributed by atoms with van der Waals surface area (Å²) in [5.41, 5.74) is 2.01. The van der Waals surface area contributed by atoms with E-state index in [0.29, 0.717) is 6.04 Å². The van der Waals surface area contributed by atoms with Crippen LogP contribution in [0.2, 0.25) is 0 Å². The van der Waals surface area contributed by atoms with Gasteiger partial charge in [-0.05, 0) is 44.0 Å². The molecule has 1 unspecified atom stereocenters. The topological polar surface area (TPSA) is 44.4 Å². The minimum atomic E-state index is -0.0331. The van der Waals surface area contributed by atoms with E-state index in [1.54, 1.807) is 4.90 Å². The van der Waals surface area contributed by atoms with E-state index in [0.717, 1.165) is 37.2 Å². The number of benzene rings is 1. The van der Waals surface area contributed by atoms with Crippen LogP contribution in [0, 0.1) is 6.92 Å². The van der Waals surface area contributed by atoms with E-state index >= 15 is 0 Å². The maximum atomic E-state index is 12.1. The lowest BCUT2D eigenvalue weighted by Crippen LogP contribution is -2.48. The molecule has 0 spiro atoms. The van der Waals surface area contributed by atoms with Crippen molar-refractivity contribution < 1.29 is 4.79 Å². The number of carbonyl (C=O) groups is 1. The number of likely N-dealkylation sites (N-methyl/N-ethyl adjacent to an activating group) is 1. The first kappa shape index (κ1) is 12.9. The van der Waals surface area contributed by atoms with E-state index in [2.05, 4.69) is 10.6 Å². The van der Waals surface area contributed by atoms with Crippen LogP contribution in [0.15, 0.2) is 24.3 Å². The minimum Gasteiger partial charge on any atom is -0.323 e. The Morgan fingerprint density at radius 1 is 1.50 bits per heavy atom.